The van der Waals surface area contributed by atoms with Gasteiger partial charge in [-0.3, -0.25) is 4.79 Å². The summed E-state index contributed by atoms with van der Waals surface area (Å²) < 4.78 is 10.7. The maximum Gasteiger partial charge on any atom is 0.196 e. The molecule has 0 saturated carbocycles. The summed E-state index contributed by atoms with van der Waals surface area (Å²) in [4.78, 5) is 12.7. The van der Waals surface area contributed by atoms with Crippen molar-refractivity contribution >= 4 is 23.1 Å². The van der Waals surface area contributed by atoms with E-state index in [0.29, 0.717) is 39.9 Å². The van der Waals surface area contributed by atoms with Crippen LogP contribution in [-0.2, 0) is 6.42 Å². The zero-order valence-electron chi connectivity index (χ0n) is 11.5. The number of carbonyl (C=O) groups excluding carboxylic acids is 1. The summed E-state index contributed by atoms with van der Waals surface area (Å²) in [6.45, 7) is 0.570. The highest BCUT2D eigenvalue weighted by Crippen LogP contribution is 2.34. The van der Waals surface area contributed by atoms with E-state index in [0.717, 1.165) is 12.0 Å². The number of nitrogens with two attached hydrogens (primary N) is 1. The van der Waals surface area contributed by atoms with Gasteiger partial charge in [0.05, 0.1) is 25.0 Å². The van der Waals surface area contributed by atoms with Crippen LogP contribution in [0.2, 0.25) is 5.02 Å². The van der Waals surface area contributed by atoms with Crippen LogP contribution in [0.3, 0.4) is 0 Å². The van der Waals surface area contributed by atoms with Gasteiger partial charge in [-0.25, -0.2) is 0 Å². The van der Waals surface area contributed by atoms with E-state index in [-0.39, 0.29) is 5.78 Å². The maximum absolute atomic E-state index is 12.7. The summed E-state index contributed by atoms with van der Waals surface area (Å²) in [5, 5.41) is 0.532. The minimum atomic E-state index is -0.162. The second-order valence-electron chi connectivity index (χ2n) is 4.83. The molecule has 1 aliphatic heterocycles. The van der Waals surface area contributed by atoms with Crippen LogP contribution in [0.1, 0.15) is 21.5 Å². The Balaban J connectivity index is 2.05. The van der Waals surface area contributed by atoms with Gasteiger partial charge in [-0.05, 0) is 35.9 Å². The summed E-state index contributed by atoms with van der Waals surface area (Å²) in [5.74, 6) is 1.00. The summed E-state index contributed by atoms with van der Waals surface area (Å²) in [7, 11) is 1.53. The van der Waals surface area contributed by atoms with Gasteiger partial charge in [0, 0.05) is 17.0 Å². The number of rotatable bonds is 3. The average molecular weight is 304 g/mol. The highest BCUT2D eigenvalue weighted by molar-refractivity contribution is 6.31. The molecule has 0 saturated heterocycles. The number of anilines is 1. The van der Waals surface area contributed by atoms with Crippen molar-refractivity contribution in [2.45, 2.75) is 6.42 Å². The van der Waals surface area contributed by atoms with Gasteiger partial charge in [-0.2, -0.15) is 0 Å². The Bertz CT molecular complexity index is 728. The first-order valence-electron chi connectivity index (χ1n) is 6.53. The van der Waals surface area contributed by atoms with Crippen molar-refractivity contribution in [1.29, 1.82) is 0 Å². The van der Waals surface area contributed by atoms with Crippen molar-refractivity contribution in [1.82, 2.24) is 0 Å². The molecule has 0 amide bonds. The molecule has 2 aromatic carbocycles. The molecular formula is C16H14ClNO3. The molecule has 0 aromatic heterocycles. The molecule has 1 aliphatic rings. The van der Waals surface area contributed by atoms with Gasteiger partial charge in [-0.1, -0.05) is 11.6 Å². The number of ether oxygens (including phenoxy) is 2. The monoisotopic (exact) mass is 303 g/mol. The Morgan fingerprint density at radius 3 is 2.86 bits per heavy atom. The lowest BCUT2D eigenvalue weighted by atomic mass is 9.99. The zero-order chi connectivity index (χ0) is 15.0. The Kier molecular flexibility index (Phi) is 3.47. The lowest BCUT2D eigenvalue weighted by molar-refractivity contribution is 0.103. The SMILES string of the molecule is COc1ccc(C(=O)c2cc(Cl)cc3c2OCC3)cc1N. The van der Waals surface area contributed by atoms with Crippen LogP contribution in [0.15, 0.2) is 30.3 Å². The van der Waals surface area contributed by atoms with Gasteiger partial charge in [0.25, 0.3) is 0 Å². The summed E-state index contributed by atoms with van der Waals surface area (Å²) in [6.07, 6.45) is 0.765. The van der Waals surface area contributed by atoms with Gasteiger partial charge < -0.3 is 15.2 Å². The van der Waals surface area contributed by atoms with Gasteiger partial charge in [0.1, 0.15) is 11.5 Å². The van der Waals surface area contributed by atoms with E-state index in [1.54, 1.807) is 24.3 Å². The number of methoxy groups -OCH3 is 1. The molecule has 0 fully saturated rings. The quantitative estimate of drug-likeness (QED) is 0.699. The first kappa shape index (κ1) is 13.8. The van der Waals surface area contributed by atoms with Crippen LogP contribution < -0.4 is 15.2 Å². The number of hydrogen-bond donors (Lipinski definition) is 1. The third-order valence-corrected chi connectivity index (χ3v) is 3.70. The van der Waals surface area contributed by atoms with Crippen molar-refractivity contribution in [2.75, 3.05) is 19.5 Å². The fourth-order valence-electron chi connectivity index (χ4n) is 2.47. The average Bonchev–Trinajstić information content (AvgIpc) is 2.93. The van der Waals surface area contributed by atoms with Gasteiger partial charge in [-0.15, -0.1) is 0 Å². The third-order valence-electron chi connectivity index (χ3n) is 3.48. The lowest BCUT2D eigenvalue weighted by Gasteiger charge is -2.10. The smallest absolute Gasteiger partial charge is 0.196 e. The highest BCUT2D eigenvalue weighted by atomic mass is 35.5. The molecule has 5 heteroatoms. The molecular weight excluding hydrogens is 290 g/mol. The second-order valence-corrected chi connectivity index (χ2v) is 5.26. The molecule has 0 bridgehead atoms. The van der Waals surface area contributed by atoms with Gasteiger partial charge in [0.2, 0.25) is 0 Å². The third kappa shape index (κ3) is 2.43. The molecule has 21 heavy (non-hydrogen) atoms. The Hall–Kier alpha value is -2.20. The van der Waals surface area contributed by atoms with E-state index in [1.165, 1.54) is 7.11 Å². The molecule has 108 valence electrons. The molecule has 0 unspecified atom stereocenters. The topological polar surface area (TPSA) is 61.5 Å². The van der Waals surface area contributed by atoms with Crippen molar-refractivity contribution < 1.29 is 14.3 Å². The molecule has 3 rings (SSSR count). The normalized spacial score (nSPS) is 12.7. The van der Waals surface area contributed by atoms with Crippen LogP contribution in [-0.4, -0.2) is 19.5 Å². The van der Waals surface area contributed by atoms with Gasteiger partial charge >= 0.3 is 0 Å². The predicted molar refractivity (Wildman–Crippen MR) is 81.5 cm³/mol. The van der Waals surface area contributed by atoms with Crippen molar-refractivity contribution in [2.24, 2.45) is 0 Å². The number of ketones is 1. The summed E-state index contributed by atoms with van der Waals surface area (Å²) >= 11 is 6.09. The molecule has 2 aromatic rings. The van der Waals surface area contributed by atoms with Crippen LogP contribution in [0.25, 0.3) is 0 Å². The lowest BCUT2D eigenvalue weighted by Crippen LogP contribution is -2.05. The van der Waals surface area contributed by atoms with E-state index >= 15 is 0 Å². The maximum atomic E-state index is 12.7. The summed E-state index contributed by atoms with van der Waals surface area (Å²) in [5.41, 5.74) is 8.19. The van der Waals surface area contributed by atoms with Crippen LogP contribution >= 0.6 is 11.6 Å². The molecule has 1 heterocycles. The Morgan fingerprint density at radius 2 is 2.14 bits per heavy atom. The van der Waals surface area contributed by atoms with E-state index in [1.807, 2.05) is 6.07 Å². The summed E-state index contributed by atoms with van der Waals surface area (Å²) in [6, 6.07) is 8.43. The largest absolute Gasteiger partial charge is 0.495 e. The minimum absolute atomic E-state index is 0.162. The van der Waals surface area contributed by atoms with E-state index in [4.69, 9.17) is 26.8 Å². The van der Waals surface area contributed by atoms with Crippen molar-refractivity contribution in [3.63, 3.8) is 0 Å². The molecule has 4 nitrogen and oxygen atoms in total. The van der Waals surface area contributed by atoms with Crippen molar-refractivity contribution in [3.8, 4) is 11.5 Å². The number of fused-ring (bicyclic) bond motifs is 1. The molecule has 2 N–H and O–H groups in total. The fraction of sp³-hybridized carbons (Fsp3) is 0.188. The highest BCUT2D eigenvalue weighted by Gasteiger charge is 2.23. The number of halogens is 1. The van der Waals surface area contributed by atoms with Crippen molar-refractivity contribution in [3.05, 3.63) is 52.0 Å². The fourth-order valence-corrected chi connectivity index (χ4v) is 2.71. The number of hydrogen-bond acceptors (Lipinski definition) is 4. The van der Waals surface area contributed by atoms with E-state index < -0.39 is 0 Å². The minimum Gasteiger partial charge on any atom is -0.495 e. The Labute approximate surface area is 127 Å². The predicted octanol–water partition coefficient (Wildman–Crippen LogP) is 3.10. The molecule has 0 aliphatic carbocycles. The number of carbonyl (C=O) groups is 1. The van der Waals surface area contributed by atoms with E-state index in [9.17, 15) is 4.79 Å². The number of benzene rings is 2. The van der Waals surface area contributed by atoms with Crippen LogP contribution in [0.4, 0.5) is 5.69 Å². The molecule has 0 atom stereocenters. The first-order valence-corrected chi connectivity index (χ1v) is 6.91. The first-order chi connectivity index (χ1) is 10.1. The van der Waals surface area contributed by atoms with Crippen LogP contribution in [0.5, 0.6) is 11.5 Å². The zero-order valence-corrected chi connectivity index (χ0v) is 12.2. The molecule has 0 spiro atoms. The molecule has 0 radical (unpaired) electrons. The van der Waals surface area contributed by atoms with Gasteiger partial charge in [0.15, 0.2) is 5.78 Å². The Morgan fingerprint density at radius 1 is 1.33 bits per heavy atom. The van der Waals surface area contributed by atoms with Crippen LogP contribution in [0, 0.1) is 0 Å². The second kappa shape index (κ2) is 5.30. The van der Waals surface area contributed by atoms with E-state index in [2.05, 4.69) is 0 Å². The standard InChI is InChI=1S/C16H14ClNO3/c1-20-14-3-2-9(7-13(14)18)15(19)12-8-11(17)6-10-4-5-21-16(10)12/h2-3,6-8H,4-5,18H2,1H3. The number of nitrogen functional groups attached to an aromatic ring is 1.